The van der Waals surface area contributed by atoms with E-state index in [1.807, 2.05) is 0 Å². The second-order valence-corrected chi connectivity index (χ2v) is 15.2. The Labute approximate surface area is 283 Å². The van der Waals surface area contributed by atoms with E-state index in [9.17, 15) is 23.7 Å². The summed E-state index contributed by atoms with van der Waals surface area (Å²) in [6, 6.07) is 3.70. The van der Waals surface area contributed by atoms with Crippen molar-refractivity contribution in [3.63, 3.8) is 0 Å². The SMILES string of the molecule is C=C1CC[C@H](O)C/C1=C/C=C1\CCC[C@]2(C)[C@@H]([C@H](C)CCCC(C)C)CC[C@@H]12.CNC[C@H](O)c1ccc(O)c(OS(=O)(=O)O)c1.Cl. The summed E-state index contributed by atoms with van der Waals surface area (Å²) >= 11 is 0. The van der Waals surface area contributed by atoms with Crippen LogP contribution in [0.5, 0.6) is 11.5 Å². The van der Waals surface area contributed by atoms with Crippen molar-refractivity contribution in [2.75, 3.05) is 13.6 Å². The fourth-order valence-electron chi connectivity index (χ4n) is 7.89. The Morgan fingerprint density at radius 1 is 1.13 bits per heavy atom. The van der Waals surface area contributed by atoms with E-state index in [0.717, 1.165) is 55.1 Å². The van der Waals surface area contributed by atoms with Gasteiger partial charge in [0.1, 0.15) is 0 Å². The minimum absolute atomic E-state index is 0. The quantitative estimate of drug-likeness (QED) is 0.149. The first-order chi connectivity index (χ1) is 21.1. The monoisotopic (exact) mass is 683 g/mol. The van der Waals surface area contributed by atoms with Crippen molar-refractivity contribution in [3.8, 4) is 11.5 Å². The van der Waals surface area contributed by atoms with Crippen LogP contribution in [0.25, 0.3) is 0 Å². The number of aromatic hydroxyl groups is 1. The number of allylic oxidation sites excluding steroid dienone is 4. The molecule has 0 amide bonds. The van der Waals surface area contributed by atoms with E-state index in [-0.39, 0.29) is 25.1 Å². The van der Waals surface area contributed by atoms with Crippen molar-refractivity contribution >= 4 is 22.8 Å². The third kappa shape index (κ3) is 11.4. The number of hydrogen-bond donors (Lipinski definition) is 5. The molecule has 0 heterocycles. The van der Waals surface area contributed by atoms with Gasteiger partial charge < -0.3 is 24.8 Å². The number of phenols is 1. The highest BCUT2D eigenvalue weighted by molar-refractivity contribution is 7.81. The highest BCUT2D eigenvalue weighted by Crippen LogP contribution is 2.60. The molecule has 0 bridgehead atoms. The minimum Gasteiger partial charge on any atom is -0.504 e. The van der Waals surface area contributed by atoms with E-state index in [1.165, 1.54) is 68.6 Å². The third-order valence-electron chi connectivity index (χ3n) is 10.3. The highest BCUT2D eigenvalue weighted by Gasteiger charge is 2.50. The van der Waals surface area contributed by atoms with Gasteiger partial charge in [0.25, 0.3) is 0 Å². The van der Waals surface area contributed by atoms with Crippen LogP contribution in [-0.4, -0.2) is 48.0 Å². The Kier molecular flexibility index (Phi) is 15.8. The van der Waals surface area contributed by atoms with E-state index < -0.39 is 28.0 Å². The van der Waals surface area contributed by atoms with Crippen molar-refractivity contribution in [3.05, 3.63) is 59.2 Å². The van der Waals surface area contributed by atoms with Gasteiger partial charge >= 0.3 is 10.4 Å². The van der Waals surface area contributed by atoms with Crippen LogP contribution in [0.1, 0.15) is 110 Å². The van der Waals surface area contributed by atoms with E-state index in [4.69, 9.17) is 4.55 Å². The van der Waals surface area contributed by atoms with Gasteiger partial charge in [0.2, 0.25) is 0 Å². The molecule has 3 saturated carbocycles. The van der Waals surface area contributed by atoms with Crippen LogP contribution in [0, 0.1) is 29.1 Å². The number of benzene rings is 1. The first-order valence-corrected chi connectivity index (χ1v) is 18.1. The summed E-state index contributed by atoms with van der Waals surface area (Å²) in [7, 11) is -3.07. The number of phenolic OH excluding ortho intramolecular Hbond substituents is 1. The number of hydrogen-bond acceptors (Lipinski definition) is 7. The zero-order chi connectivity index (χ0) is 33.4. The first kappa shape index (κ1) is 40.3. The van der Waals surface area contributed by atoms with Gasteiger partial charge in [0.05, 0.1) is 12.2 Å². The van der Waals surface area contributed by atoms with Crippen molar-refractivity contribution < 1.29 is 32.5 Å². The summed E-state index contributed by atoms with van der Waals surface area (Å²) in [5, 5.41) is 31.7. The molecule has 3 aliphatic rings. The number of aliphatic hydroxyl groups excluding tert-OH is 2. The predicted octanol–water partition coefficient (Wildman–Crippen LogP) is 7.87. The summed E-state index contributed by atoms with van der Waals surface area (Å²) in [4.78, 5) is 0. The lowest BCUT2D eigenvalue weighted by atomic mass is 9.60. The summed E-state index contributed by atoms with van der Waals surface area (Å²) in [5.74, 6) is 2.47. The van der Waals surface area contributed by atoms with Crippen LogP contribution in [0.3, 0.4) is 0 Å². The molecule has 3 fully saturated rings. The Balaban J connectivity index is 0.000000353. The van der Waals surface area contributed by atoms with Crippen molar-refractivity contribution in [1.82, 2.24) is 5.32 Å². The van der Waals surface area contributed by atoms with Gasteiger partial charge in [0.15, 0.2) is 11.5 Å². The highest BCUT2D eigenvalue weighted by atomic mass is 35.5. The Bertz CT molecular complexity index is 1310. The smallest absolute Gasteiger partial charge is 0.446 e. The number of rotatable bonds is 11. The molecular weight excluding hydrogens is 626 g/mol. The zero-order valence-corrected chi connectivity index (χ0v) is 30.0. The van der Waals surface area contributed by atoms with Crippen molar-refractivity contribution in [1.29, 1.82) is 0 Å². The van der Waals surface area contributed by atoms with Crippen LogP contribution in [0.2, 0.25) is 0 Å². The van der Waals surface area contributed by atoms with Crippen LogP contribution < -0.4 is 9.50 Å². The molecule has 46 heavy (non-hydrogen) atoms. The molecule has 10 heteroatoms. The molecule has 5 N–H and O–H groups in total. The lowest BCUT2D eigenvalue weighted by molar-refractivity contribution is 0.0928. The maximum absolute atomic E-state index is 10.5. The molecule has 0 aliphatic heterocycles. The average molecular weight is 684 g/mol. The number of nitrogens with one attached hydrogen (secondary N) is 1. The van der Waals surface area contributed by atoms with Crippen molar-refractivity contribution in [2.45, 2.75) is 111 Å². The third-order valence-corrected chi connectivity index (χ3v) is 10.7. The second kappa shape index (κ2) is 18.0. The predicted molar refractivity (Wildman–Crippen MR) is 188 cm³/mol. The topological polar surface area (TPSA) is 136 Å². The van der Waals surface area contributed by atoms with Gasteiger partial charge in [-0.25, -0.2) is 0 Å². The van der Waals surface area contributed by atoms with Gasteiger partial charge in [0, 0.05) is 6.54 Å². The molecule has 8 nitrogen and oxygen atoms in total. The van der Waals surface area contributed by atoms with E-state index in [2.05, 4.69) is 55.9 Å². The zero-order valence-electron chi connectivity index (χ0n) is 28.4. The lowest BCUT2D eigenvalue weighted by Gasteiger charge is -2.44. The fourth-order valence-corrected chi connectivity index (χ4v) is 8.25. The number of halogens is 1. The normalized spacial score (nSPS) is 27.8. The van der Waals surface area contributed by atoms with Crippen LogP contribution >= 0.6 is 12.4 Å². The minimum atomic E-state index is -4.71. The molecule has 6 atom stereocenters. The molecule has 0 unspecified atom stereocenters. The largest absolute Gasteiger partial charge is 0.504 e. The van der Waals surface area contributed by atoms with Gasteiger partial charge in [-0.15, -0.1) is 12.4 Å². The molecule has 0 spiro atoms. The second-order valence-electron chi connectivity index (χ2n) is 14.1. The van der Waals surface area contributed by atoms with Crippen LogP contribution in [0.4, 0.5) is 0 Å². The summed E-state index contributed by atoms with van der Waals surface area (Å²) < 4.78 is 33.7. The summed E-state index contributed by atoms with van der Waals surface area (Å²) in [6.07, 6.45) is 17.3. The molecule has 1 aromatic rings. The number of aliphatic hydroxyl groups is 2. The molecular formula is C36H58ClNO7S. The molecule has 0 aromatic heterocycles. The first-order valence-electron chi connectivity index (χ1n) is 16.7. The molecule has 4 rings (SSSR count). The maximum atomic E-state index is 10.5. The maximum Gasteiger partial charge on any atom is 0.446 e. The molecule has 262 valence electrons. The fraction of sp³-hybridized carbons (Fsp3) is 0.667. The number of likely N-dealkylation sites (N-methyl/N-ethyl adjacent to an activating group) is 1. The van der Waals surface area contributed by atoms with Gasteiger partial charge in [-0.1, -0.05) is 82.9 Å². The van der Waals surface area contributed by atoms with Gasteiger partial charge in [-0.2, -0.15) is 8.42 Å². The standard InChI is InChI=1S/C27H44O.C9H13NO6S.ClH/c1-19(2)8-6-9-21(4)25-15-16-26-22(10-7-17-27(25,26)5)12-13-23-18-24(28)14-11-20(23)3;1-10-5-8(12)6-2-3-7(11)9(4-6)16-17(13,14)15;/h12-13,19,21,24-26,28H,3,6-11,14-18H2,1-2,4-5H3;2-4,8,10-12H,5H2,1H3,(H,13,14,15);1H/b22-12+,23-13-;;/t21-,24+,25-,26+,27-;8-;/m10./s1. The molecule has 0 saturated heterocycles. The van der Waals surface area contributed by atoms with Crippen LogP contribution in [-0.2, 0) is 10.4 Å². The average Bonchev–Trinajstić information content (AvgIpc) is 3.32. The Hall–Kier alpha value is -1.88. The Morgan fingerprint density at radius 2 is 1.85 bits per heavy atom. The van der Waals surface area contributed by atoms with E-state index >= 15 is 0 Å². The lowest BCUT2D eigenvalue weighted by Crippen LogP contribution is -2.36. The Morgan fingerprint density at radius 3 is 2.50 bits per heavy atom. The molecule has 0 radical (unpaired) electrons. The summed E-state index contributed by atoms with van der Waals surface area (Å²) in [6.45, 7) is 14.3. The van der Waals surface area contributed by atoms with Crippen LogP contribution in [0.15, 0.2) is 53.6 Å². The van der Waals surface area contributed by atoms with E-state index in [0.29, 0.717) is 11.0 Å². The van der Waals surface area contributed by atoms with Gasteiger partial charge in [-0.05, 0) is 111 Å². The summed E-state index contributed by atoms with van der Waals surface area (Å²) in [5.41, 5.74) is 5.06. The van der Waals surface area contributed by atoms with E-state index in [1.54, 1.807) is 12.6 Å². The molecule has 1 aromatic carbocycles. The molecule has 3 aliphatic carbocycles. The van der Waals surface area contributed by atoms with Gasteiger partial charge in [-0.3, -0.25) is 4.55 Å². The van der Waals surface area contributed by atoms with Crippen molar-refractivity contribution in [2.24, 2.45) is 29.1 Å². The number of fused-ring (bicyclic) bond motifs is 1.